The van der Waals surface area contributed by atoms with E-state index >= 15 is 4.39 Å². The van der Waals surface area contributed by atoms with Crippen molar-refractivity contribution in [3.05, 3.63) is 47.9 Å². The van der Waals surface area contributed by atoms with Crippen molar-refractivity contribution in [2.45, 2.75) is 51.7 Å². The predicted molar refractivity (Wildman–Crippen MR) is 136 cm³/mol. The average Bonchev–Trinajstić information content (AvgIpc) is 3.25. The van der Waals surface area contributed by atoms with Gasteiger partial charge in [0.15, 0.2) is 5.82 Å². The SMILES string of the molecule is CCC(CC)OC(=O)N1CCC(n2cc(F)c3c(Nc4ccc(C(=O)N(C)C)cc4F)ncnc32)CC1. The third kappa shape index (κ3) is 5.50. The first-order valence-corrected chi connectivity index (χ1v) is 12.5. The molecule has 2 amide bonds. The Hall–Kier alpha value is -3.76. The van der Waals surface area contributed by atoms with Crippen molar-refractivity contribution in [1.29, 1.82) is 0 Å². The van der Waals surface area contributed by atoms with Crippen molar-refractivity contribution in [3.8, 4) is 0 Å². The molecule has 37 heavy (non-hydrogen) atoms. The number of benzene rings is 1. The normalized spacial score (nSPS) is 14.3. The predicted octanol–water partition coefficient (Wildman–Crippen LogP) is 5.12. The molecule has 0 spiro atoms. The molecule has 11 heteroatoms. The molecular weight excluding hydrogens is 482 g/mol. The monoisotopic (exact) mass is 514 g/mol. The first-order chi connectivity index (χ1) is 17.7. The number of anilines is 2. The largest absolute Gasteiger partial charge is 0.446 e. The Morgan fingerprint density at radius 2 is 1.84 bits per heavy atom. The number of likely N-dealkylation sites (tertiary alicyclic amines) is 1. The summed E-state index contributed by atoms with van der Waals surface area (Å²) in [6.07, 6.45) is 5.04. The molecule has 198 valence electrons. The van der Waals surface area contributed by atoms with Crippen LogP contribution in [0.3, 0.4) is 0 Å². The second-order valence-corrected chi connectivity index (χ2v) is 9.36. The standard InChI is InChI=1S/C26H32F2N6O3/c1-5-18(6-2)37-26(36)33-11-9-17(10-12-33)34-14-20(28)22-23(29-15-30-24(22)34)31-21-8-7-16(13-19(21)27)25(35)32(3)4/h7-8,13-15,17-18H,5-6,9-12H2,1-4H3,(H,29,30,31). The fraction of sp³-hybridized carbons (Fsp3) is 0.462. The third-order valence-electron chi connectivity index (χ3n) is 6.73. The fourth-order valence-corrected chi connectivity index (χ4v) is 4.55. The topological polar surface area (TPSA) is 92.6 Å². The number of aromatic nitrogens is 3. The van der Waals surface area contributed by atoms with Crippen molar-refractivity contribution >= 4 is 34.5 Å². The van der Waals surface area contributed by atoms with E-state index in [0.29, 0.717) is 31.6 Å². The number of nitrogens with zero attached hydrogens (tertiary/aromatic N) is 5. The molecule has 1 saturated heterocycles. The zero-order chi connectivity index (χ0) is 26.7. The molecular formula is C26H32F2N6O3. The Bertz CT molecular complexity index is 1280. The minimum absolute atomic E-state index is 0.0618. The van der Waals surface area contributed by atoms with Crippen LogP contribution in [0.15, 0.2) is 30.7 Å². The highest BCUT2D eigenvalue weighted by atomic mass is 19.1. The molecule has 1 aromatic carbocycles. The van der Waals surface area contributed by atoms with Gasteiger partial charge in [-0.25, -0.2) is 23.5 Å². The van der Waals surface area contributed by atoms with Crippen LogP contribution in [-0.2, 0) is 4.74 Å². The van der Waals surface area contributed by atoms with E-state index in [2.05, 4.69) is 15.3 Å². The van der Waals surface area contributed by atoms with Gasteiger partial charge in [-0.05, 0) is 43.9 Å². The van der Waals surface area contributed by atoms with Gasteiger partial charge in [0.25, 0.3) is 5.91 Å². The number of amides is 2. The quantitative estimate of drug-likeness (QED) is 0.471. The lowest BCUT2D eigenvalue weighted by Gasteiger charge is -2.33. The van der Waals surface area contributed by atoms with E-state index < -0.39 is 11.6 Å². The lowest BCUT2D eigenvalue weighted by atomic mass is 10.1. The molecule has 0 saturated carbocycles. The Balaban J connectivity index is 1.52. The Labute approximate surface area is 214 Å². The van der Waals surface area contributed by atoms with Gasteiger partial charge in [-0.2, -0.15) is 0 Å². The van der Waals surface area contributed by atoms with E-state index in [1.54, 1.807) is 23.6 Å². The van der Waals surface area contributed by atoms with Crippen LogP contribution in [0.5, 0.6) is 0 Å². The number of carbonyl (C=O) groups excluding carboxylic acids is 2. The molecule has 1 fully saturated rings. The van der Waals surface area contributed by atoms with E-state index in [4.69, 9.17) is 4.74 Å². The number of halogens is 2. The van der Waals surface area contributed by atoms with E-state index in [0.717, 1.165) is 18.9 Å². The van der Waals surface area contributed by atoms with Gasteiger partial charge >= 0.3 is 6.09 Å². The average molecular weight is 515 g/mol. The van der Waals surface area contributed by atoms with Crippen molar-refractivity contribution in [2.75, 3.05) is 32.5 Å². The van der Waals surface area contributed by atoms with E-state index in [1.807, 2.05) is 13.8 Å². The zero-order valence-electron chi connectivity index (χ0n) is 21.5. The highest BCUT2D eigenvalue weighted by Crippen LogP contribution is 2.33. The molecule has 3 heterocycles. The molecule has 0 aliphatic carbocycles. The Kier molecular flexibility index (Phi) is 7.89. The number of hydrogen-bond donors (Lipinski definition) is 1. The molecule has 3 aromatic rings. The van der Waals surface area contributed by atoms with Gasteiger partial charge in [0.1, 0.15) is 29.7 Å². The van der Waals surface area contributed by atoms with Gasteiger partial charge in [0.05, 0.1) is 11.1 Å². The highest BCUT2D eigenvalue weighted by Gasteiger charge is 2.28. The van der Waals surface area contributed by atoms with Crippen LogP contribution in [0.25, 0.3) is 11.0 Å². The molecule has 0 bridgehead atoms. The lowest BCUT2D eigenvalue weighted by Crippen LogP contribution is -2.40. The summed E-state index contributed by atoms with van der Waals surface area (Å²) in [4.78, 5) is 36.1. The number of ether oxygens (including phenoxy) is 1. The summed E-state index contributed by atoms with van der Waals surface area (Å²) < 4.78 is 37.2. The van der Waals surface area contributed by atoms with Crippen molar-refractivity contribution < 1.29 is 23.1 Å². The Morgan fingerprint density at radius 3 is 2.46 bits per heavy atom. The van der Waals surface area contributed by atoms with Gasteiger partial charge < -0.3 is 24.4 Å². The second-order valence-electron chi connectivity index (χ2n) is 9.36. The summed E-state index contributed by atoms with van der Waals surface area (Å²) in [5.41, 5.74) is 0.646. The maximum absolute atomic E-state index is 15.1. The number of nitrogens with one attached hydrogen (secondary N) is 1. The van der Waals surface area contributed by atoms with Crippen LogP contribution in [0, 0.1) is 11.6 Å². The molecule has 9 nitrogen and oxygen atoms in total. The Morgan fingerprint density at radius 1 is 1.14 bits per heavy atom. The highest BCUT2D eigenvalue weighted by molar-refractivity contribution is 5.95. The van der Waals surface area contributed by atoms with Crippen LogP contribution < -0.4 is 5.32 Å². The van der Waals surface area contributed by atoms with Crippen LogP contribution in [0.2, 0.25) is 0 Å². The molecule has 1 aliphatic heterocycles. The number of rotatable bonds is 7. The van der Waals surface area contributed by atoms with Gasteiger partial charge in [-0.3, -0.25) is 4.79 Å². The number of hydrogen-bond acceptors (Lipinski definition) is 6. The molecule has 0 unspecified atom stereocenters. The maximum atomic E-state index is 15.1. The molecule has 1 aliphatic rings. The molecule has 1 N–H and O–H groups in total. The van der Waals surface area contributed by atoms with Crippen LogP contribution in [-0.4, -0.2) is 69.6 Å². The minimum Gasteiger partial charge on any atom is -0.446 e. The number of carbonyl (C=O) groups is 2. The molecule has 2 aromatic heterocycles. The van der Waals surface area contributed by atoms with Gasteiger partial charge in [-0.15, -0.1) is 0 Å². The zero-order valence-corrected chi connectivity index (χ0v) is 21.5. The van der Waals surface area contributed by atoms with Gasteiger partial charge in [0, 0.05) is 45.0 Å². The van der Waals surface area contributed by atoms with Crippen molar-refractivity contribution in [3.63, 3.8) is 0 Å². The fourth-order valence-electron chi connectivity index (χ4n) is 4.55. The number of fused-ring (bicyclic) bond motifs is 1. The summed E-state index contributed by atoms with van der Waals surface area (Å²) in [5.74, 6) is -1.40. The van der Waals surface area contributed by atoms with Crippen LogP contribution >= 0.6 is 0 Å². The molecule has 0 radical (unpaired) electrons. The van der Waals surface area contributed by atoms with E-state index in [-0.39, 0.29) is 46.6 Å². The van der Waals surface area contributed by atoms with Gasteiger partial charge in [0.2, 0.25) is 0 Å². The third-order valence-corrected chi connectivity index (χ3v) is 6.73. The van der Waals surface area contributed by atoms with Crippen LogP contribution in [0.1, 0.15) is 55.9 Å². The summed E-state index contributed by atoms with van der Waals surface area (Å²) >= 11 is 0. The second kappa shape index (κ2) is 11.1. The summed E-state index contributed by atoms with van der Waals surface area (Å²) in [6, 6.07) is 3.98. The molecule has 0 atom stereocenters. The molecule has 4 rings (SSSR count). The van der Waals surface area contributed by atoms with Crippen LogP contribution in [0.4, 0.5) is 25.1 Å². The van der Waals surface area contributed by atoms with Crippen molar-refractivity contribution in [1.82, 2.24) is 24.3 Å². The first kappa shape index (κ1) is 26.3. The number of piperidine rings is 1. The maximum Gasteiger partial charge on any atom is 0.410 e. The summed E-state index contributed by atoms with van der Waals surface area (Å²) in [7, 11) is 3.17. The smallest absolute Gasteiger partial charge is 0.410 e. The summed E-state index contributed by atoms with van der Waals surface area (Å²) in [5, 5.41) is 2.99. The van der Waals surface area contributed by atoms with E-state index in [9.17, 15) is 14.0 Å². The lowest BCUT2D eigenvalue weighted by molar-refractivity contribution is 0.0505. The minimum atomic E-state index is -0.660. The van der Waals surface area contributed by atoms with E-state index in [1.165, 1.54) is 29.6 Å². The van der Waals surface area contributed by atoms with Crippen molar-refractivity contribution in [2.24, 2.45) is 0 Å². The summed E-state index contributed by atoms with van der Waals surface area (Å²) in [6.45, 7) is 4.95. The first-order valence-electron chi connectivity index (χ1n) is 12.5. The van der Waals surface area contributed by atoms with Gasteiger partial charge in [-0.1, -0.05) is 13.8 Å².